The number of nitriles is 1. The summed E-state index contributed by atoms with van der Waals surface area (Å²) >= 11 is 0. The Balaban J connectivity index is 1.35. The third-order valence-corrected chi connectivity index (χ3v) is 6.67. The number of carbonyl (C=O) groups excluding carboxylic acids is 1. The van der Waals surface area contributed by atoms with Crippen LogP contribution in [0.3, 0.4) is 0 Å². The van der Waals surface area contributed by atoms with E-state index in [1.807, 2.05) is 41.3 Å². The van der Waals surface area contributed by atoms with Gasteiger partial charge in [0.15, 0.2) is 0 Å². The van der Waals surface area contributed by atoms with Crippen LogP contribution in [0.4, 0.5) is 5.69 Å². The highest BCUT2D eigenvalue weighted by Crippen LogP contribution is 2.46. The van der Waals surface area contributed by atoms with Crippen LogP contribution in [0.2, 0.25) is 0 Å². The highest BCUT2D eigenvalue weighted by molar-refractivity contribution is 5.95. The van der Waals surface area contributed by atoms with Crippen LogP contribution in [0.15, 0.2) is 84.9 Å². The van der Waals surface area contributed by atoms with Gasteiger partial charge in [0.25, 0.3) is 5.91 Å². The zero-order valence-electron chi connectivity index (χ0n) is 17.9. The number of rotatable bonds is 5. The van der Waals surface area contributed by atoms with Crippen LogP contribution in [0, 0.1) is 22.7 Å². The van der Waals surface area contributed by atoms with Gasteiger partial charge in [0, 0.05) is 48.8 Å². The fourth-order valence-corrected chi connectivity index (χ4v) is 4.93. The molecule has 0 bridgehead atoms. The molecule has 1 amide bonds. The maximum Gasteiger partial charge on any atom is 0.253 e. The minimum atomic E-state index is -0.0122. The van der Waals surface area contributed by atoms with Crippen molar-refractivity contribution in [2.75, 3.05) is 37.7 Å². The van der Waals surface area contributed by atoms with Crippen LogP contribution in [-0.2, 0) is 0 Å². The van der Waals surface area contributed by atoms with Crippen molar-refractivity contribution in [1.29, 1.82) is 5.26 Å². The topological polar surface area (TPSA) is 56.6 Å². The molecule has 5 nitrogen and oxygen atoms in total. The van der Waals surface area contributed by atoms with E-state index in [1.165, 1.54) is 5.69 Å². The molecule has 2 aliphatic heterocycles. The zero-order chi connectivity index (χ0) is 22.0. The number of para-hydroxylation sites is 2. The average Bonchev–Trinajstić information content (AvgIpc) is 3.22. The largest absolute Gasteiger partial charge is 0.493 e. The molecule has 5 heteroatoms. The highest BCUT2D eigenvalue weighted by Gasteiger charge is 2.55. The number of hydrogen-bond acceptors (Lipinski definition) is 4. The molecule has 0 aliphatic carbocycles. The third kappa shape index (κ3) is 3.80. The van der Waals surface area contributed by atoms with Crippen LogP contribution < -0.4 is 9.64 Å². The van der Waals surface area contributed by atoms with Gasteiger partial charge in [-0.1, -0.05) is 42.5 Å². The van der Waals surface area contributed by atoms with E-state index >= 15 is 0 Å². The van der Waals surface area contributed by atoms with Gasteiger partial charge in [0.05, 0.1) is 18.2 Å². The zero-order valence-corrected chi connectivity index (χ0v) is 17.9. The van der Waals surface area contributed by atoms with Gasteiger partial charge >= 0.3 is 0 Å². The van der Waals surface area contributed by atoms with Crippen LogP contribution in [0.5, 0.6) is 5.75 Å². The van der Waals surface area contributed by atoms with Crippen molar-refractivity contribution in [3.8, 4) is 11.8 Å². The van der Waals surface area contributed by atoms with E-state index in [-0.39, 0.29) is 17.2 Å². The SMILES string of the molecule is N#Cc1cccc(C(=O)N2CC(COc3ccccc3)C3(C2)CN(c2ccccc2)C3)c1. The lowest BCUT2D eigenvalue weighted by atomic mass is 9.71. The Kier molecular flexibility index (Phi) is 5.28. The van der Waals surface area contributed by atoms with Gasteiger partial charge in [-0.3, -0.25) is 4.79 Å². The smallest absolute Gasteiger partial charge is 0.253 e. The first-order valence-corrected chi connectivity index (χ1v) is 10.9. The first-order chi connectivity index (χ1) is 15.7. The summed E-state index contributed by atoms with van der Waals surface area (Å²) in [5, 5.41) is 9.20. The van der Waals surface area contributed by atoms with Crippen molar-refractivity contribution in [1.82, 2.24) is 4.90 Å². The Morgan fingerprint density at radius 1 is 0.969 bits per heavy atom. The number of likely N-dealkylation sites (tertiary alicyclic amines) is 1. The number of amides is 1. The minimum absolute atomic E-state index is 0.00706. The lowest BCUT2D eigenvalue weighted by Crippen LogP contribution is -2.61. The van der Waals surface area contributed by atoms with Gasteiger partial charge < -0.3 is 14.5 Å². The Morgan fingerprint density at radius 2 is 1.69 bits per heavy atom. The molecule has 2 saturated heterocycles. The molecule has 3 aromatic rings. The molecule has 160 valence electrons. The van der Waals surface area contributed by atoms with Gasteiger partial charge in [-0.2, -0.15) is 5.26 Å². The molecule has 2 heterocycles. The van der Waals surface area contributed by atoms with E-state index in [9.17, 15) is 10.1 Å². The number of carbonyl (C=O) groups is 1. The van der Waals surface area contributed by atoms with Crippen LogP contribution in [0.1, 0.15) is 15.9 Å². The average molecular weight is 424 g/mol. The molecule has 1 atom stereocenters. The number of hydrogen-bond donors (Lipinski definition) is 0. The van der Waals surface area contributed by atoms with E-state index in [2.05, 4.69) is 35.2 Å². The minimum Gasteiger partial charge on any atom is -0.493 e. The van der Waals surface area contributed by atoms with E-state index in [0.717, 1.165) is 18.8 Å². The molecule has 1 spiro atoms. The Hall–Kier alpha value is -3.78. The van der Waals surface area contributed by atoms with Crippen molar-refractivity contribution in [2.24, 2.45) is 11.3 Å². The highest BCUT2D eigenvalue weighted by atomic mass is 16.5. The molecule has 0 radical (unpaired) electrons. The van der Waals surface area contributed by atoms with Crippen molar-refractivity contribution >= 4 is 11.6 Å². The second-order valence-electron chi connectivity index (χ2n) is 8.75. The van der Waals surface area contributed by atoms with Crippen molar-refractivity contribution in [2.45, 2.75) is 0 Å². The summed E-state index contributed by atoms with van der Waals surface area (Å²) in [7, 11) is 0. The van der Waals surface area contributed by atoms with Crippen molar-refractivity contribution < 1.29 is 9.53 Å². The van der Waals surface area contributed by atoms with Gasteiger partial charge in [0.1, 0.15) is 5.75 Å². The van der Waals surface area contributed by atoms with Crippen LogP contribution in [0.25, 0.3) is 0 Å². The van der Waals surface area contributed by atoms with Gasteiger partial charge in [-0.25, -0.2) is 0 Å². The Bertz CT molecular complexity index is 1130. The fourth-order valence-electron chi connectivity index (χ4n) is 4.93. The summed E-state index contributed by atoms with van der Waals surface area (Å²) < 4.78 is 6.13. The molecule has 32 heavy (non-hydrogen) atoms. The van der Waals surface area contributed by atoms with Crippen molar-refractivity contribution in [3.05, 3.63) is 96.1 Å². The summed E-state index contributed by atoms with van der Waals surface area (Å²) in [6.45, 7) is 3.75. The Labute approximate surface area is 188 Å². The van der Waals surface area contributed by atoms with Gasteiger partial charge in [-0.05, 0) is 42.5 Å². The van der Waals surface area contributed by atoms with E-state index in [1.54, 1.807) is 24.3 Å². The quantitative estimate of drug-likeness (QED) is 0.617. The van der Waals surface area contributed by atoms with Crippen LogP contribution in [-0.4, -0.2) is 43.6 Å². The maximum absolute atomic E-state index is 13.3. The molecule has 1 unspecified atom stereocenters. The molecule has 0 saturated carbocycles. The molecular formula is C27H25N3O2. The number of ether oxygens (including phenoxy) is 1. The maximum atomic E-state index is 13.3. The molecule has 3 aromatic carbocycles. The third-order valence-electron chi connectivity index (χ3n) is 6.67. The van der Waals surface area contributed by atoms with Crippen molar-refractivity contribution in [3.63, 3.8) is 0 Å². The lowest BCUT2D eigenvalue weighted by molar-refractivity contribution is 0.0760. The normalized spacial score (nSPS) is 18.8. The van der Waals surface area contributed by atoms with Gasteiger partial charge in [0.2, 0.25) is 0 Å². The molecule has 2 fully saturated rings. The number of anilines is 1. The molecule has 2 aliphatic rings. The summed E-state index contributed by atoms with van der Waals surface area (Å²) in [6.07, 6.45) is 0. The monoisotopic (exact) mass is 423 g/mol. The molecule has 5 rings (SSSR count). The lowest BCUT2D eigenvalue weighted by Gasteiger charge is -2.52. The second-order valence-corrected chi connectivity index (χ2v) is 8.75. The summed E-state index contributed by atoms with van der Waals surface area (Å²) in [6, 6.07) is 29.4. The fraction of sp³-hybridized carbons (Fsp3) is 0.259. The second kappa shape index (κ2) is 8.39. The predicted octanol–water partition coefficient (Wildman–Crippen LogP) is 4.22. The first-order valence-electron chi connectivity index (χ1n) is 10.9. The van der Waals surface area contributed by atoms with E-state index in [4.69, 9.17) is 4.74 Å². The summed E-state index contributed by atoms with van der Waals surface area (Å²) in [4.78, 5) is 17.6. The molecular weight excluding hydrogens is 398 g/mol. The molecule has 0 N–H and O–H groups in total. The first kappa shape index (κ1) is 20.1. The Morgan fingerprint density at radius 3 is 2.41 bits per heavy atom. The van der Waals surface area contributed by atoms with Crippen LogP contribution >= 0.6 is 0 Å². The van der Waals surface area contributed by atoms with Gasteiger partial charge in [-0.15, -0.1) is 0 Å². The summed E-state index contributed by atoms with van der Waals surface area (Å²) in [5.74, 6) is 1.08. The predicted molar refractivity (Wildman–Crippen MR) is 124 cm³/mol. The molecule has 0 aromatic heterocycles. The number of benzene rings is 3. The van der Waals surface area contributed by atoms with E-state index < -0.39 is 0 Å². The van der Waals surface area contributed by atoms with E-state index in [0.29, 0.717) is 30.8 Å². The summed E-state index contributed by atoms with van der Waals surface area (Å²) in [5.41, 5.74) is 2.30. The standard InChI is InChI=1S/C27H25N3O2/c28-15-21-8-7-9-22(14-21)26(31)29-16-23(17-32-25-12-5-2-6-13-25)27(18-29)19-30(20-27)24-10-3-1-4-11-24/h1-14,23H,16-20H2. The number of nitrogens with zero attached hydrogens (tertiary/aromatic N) is 3.